The summed E-state index contributed by atoms with van der Waals surface area (Å²) in [6.45, 7) is 2.14. The van der Waals surface area contributed by atoms with Crippen LogP contribution in [0.25, 0.3) is 0 Å². The van der Waals surface area contributed by atoms with Crippen LogP contribution >= 0.6 is 11.8 Å². The normalized spacial score (nSPS) is 23.7. The Kier molecular flexibility index (Phi) is 4.11. The number of primary amides is 1. The minimum atomic E-state index is -0.538. The zero-order valence-electron chi connectivity index (χ0n) is 10.3. The van der Waals surface area contributed by atoms with Crippen LogP contribution in [0, 0.1) is 5.82 Å². The zero-order chi connectivity index (χ0) is 13.1. The van der Waals surface area contributed by atoms with Crippen molar-refractivity contribution in [3.63, 3.8) is 0 Å². The number of nitrogens with two attached hydrogens (primary N) is 1. The first-order chi connectivity index (χ1) is 8.58. The van der Waals surface area contributed by atoms with Crippen molar-refractivity contribution in [1.82, 2.24) is 0 Å². The van der Waals surface area contributed by atoms with Crippen molar-refractivity contribution in [3.8, 4) is 0 Å². The van der Waals surface area contributed by atoms with E-state index in [4.69, 9.17) is 5.73 Å². The first-order valence-electron chi connectivity index (χ1n) is 6.05. The Balaban J connectivity index is 2.17. The Labute approximate surface area is 110 Å². The Morgan fingerprint density at radius 1 is 1.56 bits per heavy atom. The highest BCUT2D eigenvalue weighted by Crippen LogP contribution is 2.28. The van der Waals surface area contributed by atoms with E-state index in [1.54, 1.807) is 0 Å². The summed E-state index contributed by atoms with van der Waals surface area (Å²) >= 11 is 1.89. The molecule has 0 saturated carbocycles. The fourth-order valence-corrected chi connectivity index (χ4v) is 3.24. The molecule has 0 spiro atoms. The van der Waals surface area contributed by atoms with Crippen LogP contribution in [0.3, 0.4) is 0 Å². The van der Waals surface area contributed by atoms with Gasteiger partial charge in [-0.05, 0) is 36.8 Å². The lowest BCUT2D eigenvalue weighted by atomic mass is 10.1. The maximum atomic E-state index is 13.7. The quantitative estimate of drug-likeness (QED) is 0.886. The van der Waals surface area contributed by atoms with Crippen molar-refractivity contribution in [3.05, 3.63) is 29.6 Å². The van der Waals surface area contributed by atoms with Gasteiger partial charge in [-0.3, -0.25) is 4.79 Å². The number of rotatable bonds is 3. The number of hydrogen-bond donors (Lipinski definition) is 2. The van der Waals surface area contributed by atoms with Crippen LogP contribution in [0.15, 0.2) is 18.2 Å². The lowest BCUT2D eigenvalue weighted by Crippen LogP contribution is -2.33. The van der Waals surface area contributed by atoms with E-state index in [1.807, 2.05) is 11.8 Å². The van der Waals surface area contributed by atoms with Crippen molar-refractivity contribution >= 4 is 23.4 Å². The number of hydrogen-bond acceptors (Lipinski definition) is 3. The third-order valence-corrected chi connectivity index (χ3v) is 4.58. The molecule has 5 heteroatoms. The van der Waals surface area contributed by atoms with E-state index in [1.165, 1.54) is 18.2 Å². The smallest absolute Gasteiger partial charge is 0.248 e. The molecule has 18 heavy (non-hydrogen) atoms. The summed E-state index contributed by atoms with van der Waals surface area (Å²) in [7, 11) is 0. The third-order valence-electron chi connectivity index (χ3n) is 3.20. The molecule has 1 aliphatic rings. The van der Waals surface area contributed by atoms with Gasteiger partial charge in [0, 0.05) is 16.9 Å². The van der Waals surface area contributed by atoms with Crippen LogP contribution in [0.2, 0.25) is 0 Å². The van der Waals surface area contributed by atoms with Crippen molar-refractivity contribution in [1.29, 1.82) is 0 Å². The second-order valence-electron chi connectivity index (χ2n) is 4.53. The third kappa shape index (κ3) is 2.96. The van der Waals surface area contributed by atoms with E-state index in [-0.39, 0.29) is 11.9 Å². The van der Waals surface area contributed by atoms with Gasteiger partial charge in [-0.2, -0.15) is 11.8 Å². The molecule has 3 nitrogen and oxygen atoms in total. The van der Waals surface area contributed by atoms with Crippen LogP contribution in [-0.4, -0.2) is 23.0 Å². The van der Waals surface area contributed by atoms with Crippen LogP contribution in [0.1, 0.15) is 30.1 Å². The number of nitrogens with one attached hydrogen (secondary N) is 1. The molecule has 1 heterocycles. The van der Waals surface area contributed by atoms with Gasteiger partial charge in [0.1, 0.15) is 5.82 Å². The summed E-state index contributed by atoms with van der Waals surface area (Å²) in [6, 6.07) is 4.41. The van der Waals surface area contributed by atoms with Crippen molar-refractivity contribution < 1.29 is 9.18 Å². The standard InChI is InChI=1S/C13H17FN2OS/c1-8-11(3-2-6-18-8)16-12-7-9(13(15)17)4-5-10(12)14/h4-5,7-8,11,16H,2-3,6H2,1H3,(H2,15,17). The van der Waals surface area contributed by atoms with Crippen LogP contribution in [0.4, 0.5) is 10.1 Å². The maximum absolute atomic E-state index is 13.7. The lowest BCUT2D eigenvalue weighted by molar-refractivity contribution is 0.100. The van der Waals surface area contributed by atoms with E-state index in [0.717, 1.165) is 18.6 Å². The van der Waals surface area contributed by atoms with Crippen LogP contribution in [0.5, 0.6) is 0 Å². The first kappa shape index (κ1) is 13.2. The molecule has 1 aromatic carbocycles. The van der Waals surface area contributed by atoms with Gasteiger partial charge in [-0.1, -0.05) is 6.92 Å². The van der Waals surface area contributed by atoms with E-state index in [9.17, 15) is 9.18 Å². The Bertz CT molecular complexity index is 453. The van der Waals surface area contributed by atoms with Crippen molar-refractivity contribution in [2.24, 2.45) is 5.73 Å². The molecule has 2 rings (SSSR count). The van der Waals surface area contributed by atoms with Gasteiger partial charge >= 0.3 is 0 Å². The molecule has 1 aliphatic heterocycles. The second kappa shape index (κ2) is 5.61. The number of carbonyl (C=O) groups is 1. The molecule has 0 aromatic heterocycles. The minimum absolute atomic E-state index is 0.237. The van der Waals surface area contributed by atoms with E-state index in [2.05, 4.69) is 12.2 Å². The fraction of sp³-hybridized carbons (Fsp3) is 0.462. The predicted octanol–water partition coefficient (Wildman–Crippen LogP) is 2.62. The number of halogens is 1. The van der Waals surface area contributed by atoms with Gasteiger partial charge in [-0.15, -0.1) is 0 Å². The largest absolute Gasteiger partial charge is 0.379 e. The molecular weight excluding hydrogens is 251 g/mol. The van der Waals surface area contributed by atoms with Gasteiger partial charge in [-0.25, -0.2) is 4.39 Å². The summed E-state index contributed by atoms with van der Waals surface area (Å²) in [5.74, 6) is 0.273. The fourth-order valence-electron chi connectivity index (χ4n) is 2.10. The van der Waals surface area contributed by atoms with Gasteiger partial charge in [0.15, 0.2) is 0 Å². The molecule has 0 bridgehead atoms. The first-order valence-corrected chi connectivity index (χ1v) is 7.10. The predicted molar refractivity (Wildman–Crippen MR) is 73.5 cm³/mol. The van der Waals surface area contributed by atoms with E-state index in [0.29, 0.717) is 16.5 Å². The van der Waals surface area contributed by atoms with Gasteiger partial charge in [0.05, 0.1) is 5.69 Å². The van der Waals surface area contributed by atoms with Gasteiger partial charge in [0.2, 0.25) is 5.91 Å². The van der Waals surface area contributed by atoms with E-state index >= 15 is 0 Å². The van der Waals surface area contributed by atoms with Crippen molar-refractivity contribution in [2.75, 3.05) is 11.1 Å². The number of carbonyl (C=O) groups excluding carboxylic acids is 1. The highest BCUT2D eigenvalue weighted by molar-refractivity contribution is 8.00. The molecule has 3 N–H and O–H groups in total. The minimum Gasteiger partial charge on any atom is -0.379 e. The number of benzene rings is 1. The summed E-state index contributed by atoms with van der Waals surface area (Å²) in [6.07, 6.45) is 2.15. The molecule has 1 aromatic rings. The van der Waals surface area contributed by atoms with Gasteiger partial charge in [0.25, 0.3) is 0 Å². The highest BCUT2D eigenvalue weighted by Gasteiger charge is 2.22. The number of thioether (sulfide) groups is 1. The molecule has 0 aliphatic carbocycles. The molecule has 1 saturated heterocycles. The average molecular weight is 268 g/mol. The average Bonchev–Trinajstić information content (AvgIpc) is 2.34. The monoisotopic (exact) mass is 268 g/mol. The Hall–Kier alpha value is -1.23. The Morgan fingerprint density at radius 2 is 2.33 bits per heavy atom. The summed E-state index contributed by atoms with van der Waals surface area (Å²) in [5, 5.41) is 3.63. The topological polar surface area (TPSA) is 55.1 Å². The lowest BCUT2D eigenvalue weighted by Gasteiger charge is -2.30. The van der Waals surface area contributed by atoms with Gasteiger partial charge < -0.3 is 11.1 Å². The molecular formula is C13H17FN2OS. The molecule has 1 fully saturated rings. The molecule has 0 radical (unpaired) electrons. The number of amides is 1. The van der Waals surface area contributed by atoms with E-state index < -0.39 is 5.91 Å². The summed E-state index contributed by atoms with van der Waals surface area (Å²) in [5.41, 5.74) is 5.89. The zero-order valence-corrected chi connectivity index (χ0v) is 11.1. The summed E-state index contributed by atoms with van der Waals surface area (Å²) in [4.78, 5) is 11.1. The molecule has 2 atom stereocenters. The summed E-state index contributed by atoms with van der Waals surface area (Å²) < 4.78 is 13.7. The SMILES string of the molecule is CC1SCCCC1Nc1cc(C(N)=O)ccc1F. The molecule has 1 amide bonds. The Morgan fingerprint density at radius 3 is 3.00 bits per heavy atom. The number of anilines is 1. The maximum Gasteiger partial charge on any atom is 0.248 e. The van der Waals surface area contributed by atoms with Crippen LogP contribution in [-0.2, 0) is 0 Å². The van der Waals surface area contributed by atoms with Crippen molar-refractivity contribution in [2.45, 2.75) is 31.1 Å². The second-order valence-corrected chi connectivity index (χ2v) is 6.01. The highest BCUT2D eigenvalue weighted by atomic mass is 32.2. The molecule has 98 valence electrons. The molecule has 2 unspecified atom stereocenters. The van der Waals surface area contributed by atoms with Crippen LogP contribution < -0.4 is 11.1 Å².